The maximum Gasteiger partial charge on any atom is 0.337 e. The number of carbonyl (C=O) groups is 1. The lowest BCUT2D eigenvalue weighted by Crippen LogP contribution is -2.00. The van der Waals surface area contributed by atoms with E-state index in [4.69, 9.17) is 4.74 Å². The molecule has 21 heavy (non-hydrogen) atoms. The van der Waals surface area contributed by atoms with Crippen LogP contribution in [0.3, 0.4) is 0 Å². The van der Waals surface area contributed by atoms with Gasteiger partial charge in [-0.1, -0.05) is 31.2 Å². The van der Waals surface area contributed by atoms with E-state index in [0.717, 1.165) is 23.0 Å². The van der Waals surface area contributed by atoms with Crippen LogP contribution in [0.2, 0.25) is 0 Å². The van der Waals surface area contributed by atoms with Crippen LogP contribution in [0.25, 0.3) is 16.6 Å². The molecule has 1 aromatic heterocycles. The molecule has 0 radical (unpaired) electrons. The number of carbonyl (C=O) groups excluding carboxylic acids is 1. The molecule has 0 saturated heterocycles. The summed E-state index contributed by atoms with van der Waals surface area (Å²) < 4.78 is 6.61. The second kappa shape index (κ2) is 5.40. The summed E-state index contributed by atoms with van der Waals surface area (Å²) in [6.45, 7) is 2.12. The molecule has 0 bridgehead atoms. The number of methoxy groups -OCH3 is 1. The van der Waals surface area contributed by atoms with Crippen LogP contribution in [0.4, 0.5) is 0 Å². The van der Waals surface area contributed by atoms with Gasteiger partial charge in [-0.2, -0.15) is 5.10 Å². The summed E-state index contributed by atoms with van der Waals surface area (Å²) in [5, 5.41) is 5.57. The quantitative estimate of drug-likeness (QED) is 0.691. The van der Waals surface area contributed by atoms with E-state index in [2.05, 4.69) is 18.1 Å². The Labute approximate surface area is 123 Å². The van der Waals surface area contributed by atoms with Crippen molar-refractivity contribution in [3.63, 3.8) is 0 Å². The van der Waals surface area contributed by atoms with E-state index in [1.807, 2.05) is 35.1 Å². The molecule has 3 aromatic rings. The molecule has 0 amide bonds. The zero-order chi connectivity index (χ0) is 14.8. The number of aryl methyl sites for hydroxylation is 1. The van der Waals surface area contributed by atoms with Crippen LogP contribution in [0.1, 0.15) is 22.8 Å². The van der Waals surface area contributed by atoms with E-state index >= 15 is 0 Å². The molecule has 0 aliphatic heterocycles. The smallest absolute Gasteiger partial charge is 0.337 e. The molecule has 0 aliphatic carbocycles. The first-order valence-electron chi connectivity index (χ1n) is 6.89. The number of para-hydroxylation sites is 1. The molecule has 0 spiro atoms. The van der Waals surface area contributed by atoms with Crippen molar-refractivity contribution >= 4 is 16.9 Å². The zero-order valence-electron chi connectivity index (χ0n) is 12.0. The van der Waals surface area contributed by atoms with Crippen LogP contribution < -0.4 is 0 Å². The molecular weight excluding hydrogens is 264 g/mol. The molecular formula is C17H16N2O2. The van der Waals surface area contributed by atoms with E-state index in [9.17, 15) is 4.79 Å². The van der Waals surface area contributed by atoms with Gasteiger partial charge in [0, 0.05) is 11.6 Å². The lowest BCUT2D eigenvalue weighted by Gasteiger charge is -2.06. The number of ether oxygens (including phenoxy) is 1. The minimum atomic E-state index is -0.347. The Hall–Kier alpha value is -2.62. The highest BCUT2D eigenvalue weighted by atomic mass is 16.5. The van der Waals surface area contributed by atoms with Crippen LogP contribution in [-0.4, -0.2) is 22.9 Å². The summed E-state index contributed by atoms with van der Waals surface area (Å²) in [5.74, 6) is -0.347. The monoisotopic (exact) mass is 280 g/mol. The third-order valence-corrected chi connectivity index (χ3v) is 3.55. The Morgan fingerprint density at radius 1 is 1.24 bits per heavy atom. The molecule has 106 valence electrons. The lowest BCUT2D eigenvalue weighted by molar-refractivity contribution is 0.0601. The Bertz CT molecular complexity index is 805. The summed E-state index contributed by atoms with van der Waals surface area (Å²) in [6, 6.07) is 13.6. The fourth-order valence-electron chi connectivity index (χ4n) is 2.42. The first-order chi connectivity index (χ1) is 10.2. The van der Waals surface area contributed by atoms with Gasteiger partial charge in [-0.05, 0) is 30.2 Å². The summed E-state index contributed by atoms with van der Waals surface area (Å²) >= 11 is 0. The largest absolute Gasteiger partial charge is 0.465 e. The molecule has 0 saturated carbocycles. The number of rotatable bonds is 3. The van der Waals surface area contributed by atoms with E-state index < -0.39 is 0 Å². The van der Waals surface area contributed by atoms with Crippen molar-refractivity contribution in [1.82, 2.24) is 9.78 Å². The van der Waals surface area contributed by atoms with Gasteiger partial charge in [0.1, 0.15) is 0 Å². The number of hydrogen-bond acceptors (Lipinski definition) is 3. The molecule has 3 rings (SSSR count). The fraction of sp³-hybridized carbons (Fsp3) is 0.176. The minimum absolute atomic E-state index is 0.347. The standard InChI is InChI=1S/C17H16N2O2/c1-3-12-6-4-5-7-16(12)19-11-14-9-8-13(17(20)21-2)10-15(14)18-19/h4-11H,3H2,1-2H3. The first-order valence-corrected chi connectivity index (χ1v) is 6.89. The van der Waals surface area contributed by atoms with Gasteiger partial charge >= 0.3 is 5.97 Å². The normalized spacial score (nSPS) is 10.8. The van der Waals surface area contributed by atoms with Crippen LogP contribution in [0.15, 0.2) is 48.7 Å². The van der Waals surface area contributed by atoms with Crippen LogP contribution in [-0.2, 0) is 11.2 Å². The zero-order valence-corrected chi connectivity index (χ0v) is 12.0. The topological polar surface area (TPSA) is 44.1 Å². The second-order valence-corrected chi connectivity index (χ2v) is 4.82. The third-order valence-electron chi connectivity index (χ3n) is 3.55. The van der Waals surface area contributed by atoms with Crippen molar-refractivity contribution < 1.29 is 9.53 Å². The van der Waals surface area contributed by atoms with Gasteiger partial charge < -0.3 is 4.74 Å². The number of fused-ring (bicyclic) bond motifs is 1. The Kier molecular flexibility index (Phi) is 3.44. The average molecular weight is 280 g/mol. The molecule has 0 atom stereocenters. The predicted octanol–water partition coefficient (Wildman–Crippen LogP) is 3.37. The van der Waals surface area contributed by atoms with E-state index in [-0.39, 0.29) is 5.97 Å². The minimum Gasteiger partial charge on any atom is -0.465 e. The van der Waals surface area contributed by atoms with Crippen molar-refractivity contribution in [2.75, 3.05) is 7.11 Å². The van der Waals surface area contributed by atoms with Gasteiger partial charge in [-0.25, -0.2) is 9.48 Å². The molecule has 4 heteroatoms. The van der Waals surface area contributed by atoms with E-state index in [0.29, 0.717) is 5.56 Å². The molecule has 0 N–H and O–H groups in total. The molecule has 4 nitrogen and oxygen atoms in total. The van der Waals surface area contributed by atoms with Gasteiger partial charge in [0.15, 0.2) is 0 Å². The highest BCUT2D eigenvalue weighted by Gasteiger charge is 2.10. The summed E-state index contributed by atoms with van der Waals surface area (Å²) in [4.78, 5) is 11.6. The van der Waals surface area contributed by atoms with Crippen LogP contribution in [0.5, 0.6) is 0 Å². The lowest BCUT2D eigenvalue weighted by atomic mass is 10.1. The van der Waals surface area contributed by atoms with Gasteiger partial charge in [0.25, 0.3) is 0 Å². The van der Waals surface area contributed by atoms with Crippen molar-refractivity contribution in [2.45, 2.75) is 13.3 Å². The van der Waals surface area contributed by atoms with Gasteiger partial charge in [-0.15, -0.1) is 0 Å². The summed E-state index contributed by atoms with van der Waals surface area (Å²) in [5.41, 5.74) is 3.59. The second-order valence-electron chi connectivity index (χ2n) is 4.82. The maximum atomic E-state index is 11.6. The number of benzene rings is 2. The van der Waals surface area contributed by atoms with E-state index in [1.165, 1.54) is 12.7 Å². The highest BCUT2D eigenvalue weighted by Crippen LogP contribution is 2.20. The Morgan fingerprint density at radius 3 is 2.81 bits per heavy atom. The highest BCUT2D eigenvalue weighted by molar-refractivity contribution is 5.94. The SMILES string of the molecule is CCc1ccccc1-n1cc2ccc(C(=O)OC)cc2n1. The van der Waals surface area contributed by atoms with Gasteiger partial charge in [0.2, 0.25) is 0 Å². The molecule has 0 aliphatic rings. The molecule has 1 heterocycles. The van der Waals surface area contributed by atoms with Crippen LogP contribution in [0, 0.1) is 0 Å². The number of aromatic nitrogens is 2. The number of esters is 1. The maximum absolute atomic E-state index is 11.6. The van der Waals surface area contributed by atoms with Crippen molar-refractivity contribution in [2.24, 2.45) is 0 Å². The van der Waals surface area contributed by atoms with Crippen LogP contribution >= 0.6 is 0 Å². The molecule has 2 aromatic carbocycles. The first kappa shape index (κ1) is 13.4. The molecule has 0 unspecified atom stereocenters. The van der Waals surface area contributed by atoms with Crippen molar-refractivity contribution in [3.8, 4) is 5.69 Å². The summed E-state index contributed by atoms with van der Waals surface area (Å²) in [6.07, 6.45) is 2.92. The fourth-order valence-corrected chi connectivity index (χ4v) is 2.42. The Balaban J connectivity index is 2.11. The number of hydrogen-bond donors (Lipinski definition) is 0. The Morgan fingerprint density at radius 2 is 2.05 bits per heavy atom. The molecule has 0 fully saturated rings. The summed E-state index contributed by atoms with van der Waals surface area (Å²) in [7, 11) is 1.38. The van der Waals surface area contributed by atoms with Crippen molar-refractivity contribution in [1.29, 1.82) is 0 Å². The van der Waals surface area contributed by atoms with Gasteiger partial charge in [0.05, 0.1) is 23.9 Å². The van der Waals surface area contributed by atoms with Crippen molar-refractivity contribution in [3.05, 3.63) is 59.8 Å². The average Bonchev–Trinajstić information content (AvgIpc) is 2.96. The third kappa shape index (κ3) is 2.40. The van der Waals surface area contributed by atoms with E-state index in [1.54, 1.807) is 12.1 Å². The van der Waals surface area contributed by atoms with Gasteiger partial charge in [-0.3, -0.25) is 0 Å². The number of nitrogens with zero attached hydrogens (tertiary/aromatic N) is 2. The predicted molar refractivity (Wildman–Crippen MR) is 81.8 cm³/mol.